The summed E-state index contributed by atoms with van der Waals surface area (Å²) in [7, 11) is 0. The largest absolute Gasteiger partial charge is 0.369 e. The van der Waals surface area contributed by atoms with E-state index in [4.69, 9.17) is 4.74 Å². The SMILES string of the molecule is Cc1ccccc1C(CNC1CC1)OC1CCCCC1. The van der Waals surface area contributed by atoms with E-state index in [1.54, 1.807) is 0 Å². The summed E-state index contributed by atoms with van der Waals surface area (Å²) in [5.74, 6) is 0. The van der Waals surface area contributed by atoms with Crippen LogP contribution in [-0.2, 0) is 4.74 Å². The van der Waals surface area contributed by atoms with Crippen LogP contribution in [0, 0.1) is 6.92 Å². The molecule has 0 radical (unpaired) electrons. The van der Waals surface area contributed by atoms with E-state index in [-0.39, 0.29) is 6.10 Å². The lowest BCUT2D eigenvalue weighted by Gasteiger charge is -2.29. The summed E-state index contributed by atoms with van der Waals surface area (Å²) in [5.41, 5.74) is 2.72. The van der Waals surface area contributed by atoms with Crippen LogP contribution in [0.5, 0.6) is 0 Å². The highest BCUT2D eigenvalue weighted by molar-refractivity contribution is 5.28. The number of rotatable bonds is 6. The van der Waals surface area contributed by atoms with E-state index in [9.17, 15) is 0 Å². The first-order valence-electron chi connectivity index (χ1n) is 8.27. The van der Waals surface area contributed by atoms with Gasteiger partial charge in [0, 0.05) is 12.6 Å². The average Bonchev–Trinajstić information content (AvgIpc) is 3.29. The van der Waals surface area contributed by atoms with E-state index in [1.165, 1.54) is 56.1 Å². The van der Waals surface area contributed by atoms with Crippen LogP contribution in [0.25, 0.3) is 0 Å². The van der Waals surface area contributed by atoms with E-state index in [0.717, 1.165) is 12.6 Å². The first-order valence-corrected chi connectivity index (χ1v) is 8.27. The Hall–Kier alpha value is -0.860. The van der Waals surface area contributed by atoms with Gasteiger partial charge in [0.2, 0.25) is 0 Å². The topological polar surface area (TPSA) is 21.3 Å². The van der Waals surface area contributed by atoms with Crippen LogP contribution < -0.4 is 5.32 Å². The van der Waals surface area contributed by atoms with Crippen molar-refractivity contribution in [2.45, 2.75) is 70.1 Å². The van der Waals surface area contributed by atoms with Gasteiger partial charge in [-0.3, -0.25) is 0 Å². The molecule has 0 saturated heterocycles. The minimum Gasteiger partial charge on any atom is -0.369 e. The van der Waals surface area contributed by atoms with Crippen molar-refractivity contribution >= 4 is 0 Å². The summed E-state index contributed by atoms with van der Waals surface area (Å²) in [6.45, 7) is 3.16. The lowest BCUT2D eigenvalue weighted by atomic mass is 9.96. The number of benzene rings is 1. The molecule has 0 aliphatic heterocycles. The third kappa shape index (κ3) is 3.83. The van der Waals surface area contributed by atoms with E-state index < -0.39 is 0 Å². The van der Waals surface area contributed by atoms with Crippen molar-refractivity contribution < 1.29 is 4.74 Å². The summed E-state index contributed by atoms with van der Waals surface area (Å²) >= 11 is 0. The lowest BCUT2D eigenvalue weighted by Crippen LogP contribution is -2.29. The zero-order valence-electron chi connectivity index (χ0n) is 12.6. The molecule has 2 saturated carbocycles. The second-order valence-corrected chi connectivity index (χ2v) is 6.42. The number of aryl methyl sites for hydroxylation is 1. The molecule has 0 heterocycles. The van der Waals surface area contributed by atoms with Crippen molar-refractivity contribution in [3.8, 4) is 0 Å². The van der Waals surface area contributed by atoms with Gasteiger partial charge in [-0.15, -0.1) is 0 Å². The third-order valence-corrected chi connectivity index (χ3v) is 4.61. The fourth-order valence-electron chi connectivity index (χ4n) is 3.17. The molecule has 110 valence electrons. The van der Waals surface area contributed by atoms with E-state index in [1.807, 2.05) is 0 Å². The van der Waals surface area contributed by atoms with E-state index in [2.05, 4.69) is 36.5 Å². The summed E-state index contributed by atoms with van der Waals surface area (Å²) in [5, 5.41) is 3.65. The van der Waals surface area contributed by atoms with Gasteiger partial charge in [-0.25, -0.2) is 0 Å². The molecule has 2 fully saturated rings. The molecule has 1 aromatic carbocycles. The molecular weight excluding hydrogens is 246 g/mol. The van der Waals surface area contributed by atoms with Crippen molar-refractivity contribution in [3.63, 3.8) is 0 Å². The Bertz CT molecular complexity index is 421. The lowest BCUT2D eigenvalue weighted by molar-refractivity contribution is -0.0310. The Morgan fingerprint density at radius 3 is 2.55 bits per heavy atom. The molecule has 0 aromatic heterocycles. The second kappa shape index (κ2) is 6.73. The standard InChI is InChI=1S/C18H27NO/c1-14-7-5-6-10-17(14)18(13-19-15-11-12-15)20-16-8-3-2-4-9-16/h5-7,10,15-16,18-19H,2-4,8-9,11-13H2,1H3. The van der Waals surface area contributed by atoms with Gasteiger partial charge >= 0.3 is 0 Å². The van der Waals surface area contributed by atoms with Gasteiger partial charge in [-0.2, -0.15) is 0 Å². The number of nitrogens with one attached hydrogen (secondary N) is 1. The molecule has 3 rings (SSSR count). The molecule has 0 bridgehead atoms. The van der Waals surface area contributed by atoms with Crippen molar-refractivity contribution in [2.75, 3.05) is 6.54 Å². The molecule has 1 atom stereocenters. The van der Waals surface area contributed by atoms with Crippen LogP contribution in [0.4, 0.5) is 0 Å². The van der Waals surface area contributed by atoms with Crippen LogP contribution in [0.3, 0.4) is 0 Å². The van der Waals surface area contributed by atoms with Crippen LogP contribution in [0.15, 0.2) is 24.3 Å². The van der Waals surface area contributed by atoms with Gasteiger partial charge in [0.05, 0.1) is 12.2 Å². The van der Waals surface area contributed by atoms with Gasteiger partial charge in [-0.05, 0) is 43.7 Å². The summed E-state index contributed by atoms with van der Waals surface area (Å²) < 4.78 is 6.47. The summed E-state index contributed by atoms with van der Waals surface area (Å²) in [6.07, 6.45) is 9.90. The molecular formula is C18H27NO. The van der Waals surface area contributed by atoms with Gasteiger partial charge in [0.25, 0.3) is 0 Å². The highest BCUT2D eigenvalue weighted by Gasteiger charge is 2.25. The van der Waals surface area contributed by atoms with Crippen molar-refractivity contribution in [2.24, 2.45) is 0 Å². The van der Waals surface area contributed by atoms with Crippen molar-refractivity contribution in [1.29, 1.82) is 0 Å². The predicted octanol–water partition coefficient (Wildman–Crippen LogP) is 4.14. The fourth-order valence-corrected chi connectivity index (χ4v) is 3.17. The Morgan fingerprint density at radius 1 is 1.10 bits per heavy atom. The smallest absolute Gasteiger partial charge is 0.0955 e. The molecule has 20 heavy (non-hydrogen) atoms. The normalized spacial score (nSPS) is 21.9. The Morgan fingerprint density at radius 2 is 1.85 bits per heavy atom. The Kier molecular flexibility index (Phi) is 4.74. The molecule has 2 aliphatic rings. The van der Waals surface area contributed by atoms with Crippen molar-refractivity contribution in [1.82, 2.24) is 5.32 Å². The molecule has 0 amide bonds. The predicted molar refractivity (Wildman–Crippen MR) is 82.9 cm³/mol. The third-order valence-electron chi connectivity index (χ3n) is 4.61. The van der Waals surface area contributed by atoms with Crippen LogP contribution in [0.1, 0.15) is 62.2 Å². The minimum atomic E-state index is 0.222. The Balaban J connectivity index is 1.66. The fraction of sp³-hybridized carbons (Fsp3) is 0.667. The van der Waals surface area contributed by atoms with Gasteiger partial charge in [0.15, 0.2) is 0 Å². The second-order valence-electron chi connectivity index (χ2n) is 6.42. The maximum Gasteiger partial charge on any atom is 0.0955 e. The summed E-state index contributed by atoms with van der Waals surface area (Å²) in [6, 6.07) is 9.43. The average molecular weight is 273 g/mol. The maximum absolute atomic E-state index is 6.47. The molecule has 2 heteroatoms. The summed E-state index contributed by atoms with van der Waals surface area (Å²) in [4.78, 5) is 0. The van der Waals surface area contributed by atoms with E-state index >= 15 is 0 Å². The number of hydrogen-bond acceptors (Lipinski definition) is 2. The van der Waals surface area contributed by atoms with Crippen LogP contribution in [-0.4, -0.2) is 18.7 Å². The highest BCUT2D eigenvalue weighted by atomic mass is 16.5. The molecule has 1 unspecified atom stereocenters. The van der Waals surface area contributed by atoms with Gasteiger partial charge < -0.3 is 10.1 Å². The van der Waals surface area contributed by atoms with Crippen molar-refractivity contribution in [3.05, 3.63) is 35.4 Å². The van der Waals surface area contributed by atoms with E-state index in [0.29, 0.717) is 6.10 Å². The minimum absolute atomic E-state index is 0.222. The van der Waals surface area contributed by atoms with Gasteiger partial charge in [-0.1, -0.05) is 43.5 Å². The molecule has 2 aliphatic carbocycles. The van der Waals surface area contributed by atoms with Crippen LogP contribution in [0.2, 0.25) is 0 Å². The van der Waals surface area contributed by atoms with Gasteiger partial charge in [0.1, 0.15) is 0 Å². The zero-order chi connectivity index (χ0) is 13.8. The molecule has 1 aromatic rings. The van der Waals surface area contributed by atoms with Crippen LogP contribution >= 0.6 is 0 Å². The first-order chi connectivity index (χ1) is 9.83. The molecule has 2 nitrogen and oxygen atoms in total. The Labute approximate surface area is 122 Å². The maximum atomic E-state index is 6.47. The zero-order valence-corrected chi connectivity index (χ0v) is 12.6. The quantitative estimate of drug-likeness (QED) is 0.841. The number of hydrogen-bond donors (Lipinski definition) is 1. The highest BCUT2D eigenvalue weighted by Crippen LogP contribution is 2.29. The molecule has 1 N–H and O–H groups in total. The number of ether oxygens (including phenoxy) is 1. The first kappa shape index (κ1) is 14.1. The monoisotopic (exact) mass is 273 g/mol. The molecule has 0 spiro atoms.